The van der Waals surface area contributed by atoms with Gasteiger partial charge in [0.15, 0.2) is 0 Å². The number of rotatable bonds is 4. The lowest BCUT2D eigenvalue weighted by Crippen LogP contribution is -1.99. The number of nitrogens with zero attached hydrogens (tertiary/aromatic N) is 2. The zero-order valence-electron chi connectivity index (χ0n) is 9.70. The van der Waals surface area contributed by atoms with Crippen LogP contribution < -0.4 is 0 Å². The smallest absolute Gasteiger partial charge is 0.258 e. The maximum Gasteiger partial charge on any atom is 0.272 e. The molecule has 0 saturated heterocycles. The molecule has 0 aliphatic carbocycles. The van der Waals surface area contributed by atoms with E-state index in [1.165, 1.54) is 36.4 Å². The Morgan fingerprint density at radius 1 is 0.895 bits per heavy atom. The minimum absolute atomic E-state index is 0.0723. The van der Waals surface area contributed by atoms with E-state index in [1.807, 2.05) is 0 Å². The average molecular weight is 256 g/mol. The first kappa shape index (κ1) is 12.7. The molecule has 0 aliphatic rings. The van der Waals surface area contributed by atoms with Gasteiger partial charge in [0.1, 0.15) is 0 Å². The maximum atomic E-state index is 10.9. The third kappa shape index (κ3) is 2.74. The summed E-state index contributed by atoms with van der Waals surface area (Å²) >= 11 is 0. The number of benzene rings is 2. The quantitative estimate of drug-likeness (QED) is 0.621. The second-order valence-electron chi connectivity index (χ2n) is 3.80. The van der Waals surface area contributed by atoms with E-state index in [9.17, 15) is 20.2 Å². The van der Waals surface area contributed by atoms with Crippen molar-refractivity contribution in [1.29, 1.82) is 0 Å². The normalized spacial score (nSPS) is 10.1. The number of hydrogen-bond donors (Lipinski definition) is 0. The molecule has 0 N–H and O–H groups in total. The Morgan fingerprint density at radius 2 is 1.32 bits per heavy atom. The van der Waals surface area contributed by atoms with Gasteiger partial charge in [-0.05, 0) is 36.4 Å². The van der Waals surface area contributed by atoms with Gasteiger partial charge in [-0.2, -0.15) is 0 Å². The maximum absolute atomic E-state index is 10.9. The Labute approximate surface area is 108 Å². The molecule has 2 aromatic rings. The van der Waals surface area contributed by atoms with Crippen LogP contribution in [0.3, 0.4) is 0 Å². The summed E-state index contributed by atoms with van der Waals surface area (Å²) in [7, 11) is 0. The Balaban J connectivity index is 2.42. The fraction of sp³-hybridized carbons (Fsp3) is 0.0769. The van der Waals surface area contributed by atoms with Gasteiger partial charge in [-0.3, -0.25) is 20.2 Å². The van der Waals surface area contributed by atoms with Crippen molar-refractivity contribution in [1.82, 2.24) is 0 Å². The van der Waals surface area contributed by atoms with Gasteiger partial charge in [-0.1, -0.05) is 0 Å². The standard InChI is InChI=1S/C13H8N2O4/c16-14(17)12-7-3-1-5-10(12)9-11-6-2-4-8-13(11)15(18)19/h3-8H,9H2. The van der Waals surface area contributed by atoms with E-state index in [0.717, 1.165) is 0 Å². The van der Waals surface area contributed by atoms with Crippen LogP contribution in [0.4, 0.5) is 11.4 Å². The van der Waals surface area contributed by atoms with Crippen LogP contribution in [0.25, 0.3) is 0 Å². The topological polar surface area (TPSA) is 86.3 Å². The van der Waals surface area contributed by atoms with E-state index in [0.29, 0.717) is 11.1 Å². The molecule has 0 bridgehead atoms. The van der Waals surface area contributed by atoms with Gasteiger partial charge in [0.2, 0.25) is 0 Å². The first-order valence-electron chi connectivity index (χ1n) is 5.36. The van der Waals surface area contributed by atoms with Crippen molar-refractivity contribution in [2.75, 3.05) is 0 Å². The minimum atomic E-state index is -0.512. The van der Waals surface area contributed by atoms with Gasteiger partial charge in [0.05, 0.1) is 9.85 Å². The Hall–Kier alpha value is -2.76. The molecule has 0 fully saturated rings. The van der Waals surface area contributed by atoms with Gasteiger partial charge in [-0.25, -0.2) is 0 Å². The first-order valence-corrected chi connectivity index (χ1v) is 5.36. The van der Waals surface area contributed by atoms with Gasteiger partial charge >= 0.3 is 0 Å². The first-order chi connectivity index (χ1) is 9.09. The summed E-state index contributed by atoms with van der Waals surface area (Å²) in [5.41, 5.74) is 0.624. The van der Waals surface area contributed by atoms with Crippen molar-refractivity contribution in [2.24, 2.45) is 0 Å². The summed E-state index contributed by atoms with van der Waals surface area (Å²) < 4.78 is 0. The summed E-state index contributed by atoms with van der Waals surface area (Å²) in [5, 5.41) is 21.8. The molecule has 2 rings (SSSR count). The Kier molecular flexibility index (Phi) is 3.51. The second kappa shape index (κ2) is 5.26. The molecular formula is C13H8N2O4. The zero-order chi connectivity index (χ0) is 13.8. The Bertz CT molecular complexity index is 585. The van der Waals surface area contributed by atoms with Gasteiger partial charge in [0, 0.05) is 29.7 Å². The van der Waals surface area contributed by atoms with E-state index in [-0.39, 0.29) is 17.8 Å². The minimum Gasteiger partial charge on any atom is -0.258 e. The molecule has 0 saturated carbocycles. The van der Waals surface area contributed by atoms with E-state index < -0.39 is 9.85 Å². The molecule has 0 unspecified atom stereocenters. The highest BCUT2D eigenvalue weighted by atomic mass is 16.6. The van der Waals surface area contributed by atoms with Crippen LogP contribution in [0, 0.1) is 32.4 Å². The highest BCUT2D eigenvalue weighted by Crippen LogP contribution is 2.25. The summed E-state index contributed by atoms with van der Waals surface area (Å²) in [6, 6.07) is 13.9. The van der Waals surface area contributed by atoms with Crippen molar-refractivity contribution >= 4 is 11.4 Å². The number of nitro groups is 2. The van der Waals surface area contributed by atoms with Crippen LogP contribution in [0.1, 0.15) is 11.1 Å². The number of hydrogen-bond acceptors (Lipinski definition) is 4. The van der Waals surface area contributed by atoms with Crippen molar-refractivity contribution in [3.63, 3.8) is 0 Å². The lowest BCUT2D eigenvalue weighted by atomic mass is 10.0. The summed E-state index contributed by atoms with van der Waals surface area (Å²) in [6.45, 7) is 0. The number of nitro benzene ring substituents is 2. The van der Waals surface area contributed by atoms with E-state index in [2.05, 4.69) is 12.1 Å². The molecular weight excluding hydrogens is 248 g/mol. The third-order valence-electron chi connectivity index (χ3n) is 2.62. The monoisotopic (exact) mass is 256 g/mol. The second-order valence-corrected chi connectivity index (χ2v) is 3.80. The third-order valence-corrected chi connectivity index (χ3v) is 2.62. The average Bonchev–Trinajstić information content (AvgIpc) is 2.39. The summed E-state index contributed by atoms with van der Waals surface area (Å²) in [5.74, 6) is 0. The lowest BCUT2D eigenvalue weighted by molar-refractivity contribution is -0.386. The van der Waals surface area contributed by atoms with Crippen molar-refractivity contribution in [2.45, 2.75) is 6.42 Å². The lowest BCUT2D eigenvalue weighted by Gasteiger charge is -2.03. The zero-order valence-corrected chi connectivity index (χ0v) is 9.70. The van der Waals surface area contributed by atoms with Crippen LogP contribution in [-0.4, -0.2) is 9.85 Å². The molecule has 0 aromatic heterocycles. The van der Waals surface area contributed by atoms with Gasteiger partial charge < -0.3 is 0 Å². The SMILES string of the molecule is O=[N+]([O-])c1cc[c]cc1Cc1c[c]ccc1[N+](=O)[O-]. The van der Waals surface area contributed by atoms with Crippen molar-refractivity contribution < 1.29 is 9.85 Å². The van der Waals surface area contributed by atoms with Gasteiger partial charge in [0.25, 0.3) is 11.4 Å². The molecule has 94 valence electrons. The molecule has 2 aromatic carbocycles. The molecule has 2 radical (unpaired) electrons. The molecule has 19 heavy (non-hydrogen) atoms. The Morgan fingerprint density at radius 3 is 1.68 bits per heavy atom. The fourth-order valence-corrected chi connectivity index (χ4v) is 1.76. The molecule has 6 nitrogen and oxygen atoms in total. The van der Waals surface area contributed by atoms with Crippen LogP contribution in [-0.2, 0) is 6.42 Å². The largest absolute Gasteiger partial charge is 0.272 e. The molecule has 0 aliphatic heterocycles. The van der Waals surface area contributed by atoms with Crippen LogP contribution in [0.5, 0.6) is 0 Å². The van der Waals surface area contributed by atoms with E-state index >= 15 is 0 Å². The van der Waals surface area contributed by atoms with Gasteiger partial charge in [-0.15, -0.1) is 0 Å². The van der Waals surface area contributed by atoms with E-state index in [4.69, 9.17) is 0 Å². The van der Waals surface area contributed by atoms with Crippen LogP contribution in [0.15, 0.2) is 36.4 Å². The molecule has 0 amide bonds. The highest BCUT2D eigenvalue weighted by molar-refractivity contribution is 5.47. The summed E-state index contributed by atoms with van der Waals surface area (Å²) in [4.78, 5) is 20.7. The predicted octanol–water partition coefficient (Wildman–Crippen LogP) is 2.69. The van der Waals surface area contributed by atoms with Crippen LogP contribution >= 0.6 is 0 Å². The van der Waals surface area contributed by atoms with Crippen molar-refractivity contribution in [3.05, 3.63) is 79.9 Å². The molecule has 0 spiro atoms. The molecule has 0 heterocycles. The fourth-order valence-electron chi connectivity index (χ4n) is 1.76. The van der Waals surface area contributed by atoms with E-state index in [1.54, 1.807) is 0 Å². The molecule has 0 atom stereocenters. The van der Waals surface area contributed by atoms with Crippen molar-refractivity contribution in [3.8, 4) is 0 Å². The molecule has 6 heteroatoms. The highest BCUT2D eigenvalue weighted by Gasteiger charge is 2.18. The predicted molar refractivity (Wildman–Crippen MR) is 66.7 cm³/mol. The summed E-state index contributed by atoms with van der Waals surface area (Å²) in [6.07, 6.45) is 0.0985. The van der Waals surface area contributed by atoms with Crippen LogP contribution in [0.2, 0.25) is 0 Å².